The van der Waals surface area contributed by atoms with Crippen LogP contribution < -0.4 is 5.32 Å². The van der Waals surface area contributed by atoms with Crippen molar-refractivity contribution in [3.8, 4) is 0 Å². The van der Waals surface area contributed by atoms with Crippen molar-refractivity contribution in [3.63, 3.8) is 0 Å². The van der Waals surface area contributed by atoms with E-state index in [1.165, 1.54) is 7.11 Å². The van der Waals surface area contributed by atoms with E-state index in [9.17, 15) is 4.79 Å². The molecule has 2 rings (SSSR count). The summed E-state index contributed by atoms with van der Waals surface area (Å²) in [5.74, 6) is -0.248. The molecule has 0 aliphatic rings. The number of hydrogen-bond donors (Lipinski definition) is 1. The van der Waals surface area contributed by atoms with Gasteiger partial charge in [-0.25, -0.2) is 0 Å². The van der Waals surface area contributed by atoms with E-state index >= 15 is 0 Å². The van der Waals surface area contributed by atoms with Crippen molar-refractivity contribution in [1.29, 1.82) is 0 Å². The molecule has 0 bridgehead atoms. The average Bonchev–Trinajstić information content (AvgIpc) is 2.43. The first-order chi connectivity index (χ1) is 9.22. The summed E-state index contributed by atoms with van der Waals surface area (Å²) < 4.78 is 5.26. The molecule has 4 heteroatoms. The van der Waals surface area contributed by atoms with E-state index in [0.29, 0.717) is 10.7 Å². The zero-order valence-electron chi connectivity index (χ0n) is 10.5. The number of hydrogen-bond acceptors (Lipinski definition) is 2. The molecule has 1 amide bonds. The second-order valence-electron chi connectivity index (χ2n) is 4.00. The fraction of sp³-hybridized carbons (Fsp3) is 0.133. The predicted octanol–water partition coefficient (Wildman–Crippen LogP) is 3.67. The SMILES string of the molecule is COC(C(=O)Nc1ccccc1Cl)c1ccccc1. The maximum atomic E-state index is 12.2. The molecule has 0 fully saturated rings. The molecule has 1 N–H and O–H groups in total. The Balaban J connectivity index is 2.17. The van der Waals surface area contributed by atoms with Crippen molar-refractivity contribution in [2.24, 2.45) is 0 Å². The third kappa shape index (κ3) is 3.34. The highest BCUT2D eigenvalue weighted by molar-refractivity contribution is 6.33. The van der Waals surface area contributed by atoms with Crippen molar-refractivity contribution in [1.82, 2.24) is 0 Å². The van der Waals surface area contributed by atoms with Gasteiger partial charge in [-0.05, 0) is 17.7 Å². The minimum Gasteiger partial charge on any atom is -0.367 e. The molecule has 0 spiro atoms. The van der Waals surface area contributed by atoms with Gasteiger partial charge < -0.3 is 10.1 Å². The first-order valence-electron chi connectivity index (χ1n) is 5.85. The van der Waals surface area contributed by atoms with Crippen LogP contribution in [0, 0.1) is 0 Å². The quantitative estimate of drug-likeness (QED) is 0.925. The van der Waals surface area contributed by atoms with Crippen LogP contribution in [0.25, 0.3) is 0 Å². The molecule has 0 aromatic heterocycles. The summed E-state index contributed by atoms with van der Waals surface area (Å²) in [6.07, 6.45) is -0.655. The Kier molecular flexibility index (Phi) is 4.55. The van der Waals surface area contributed by atoms with Gasteiger partial charge in [0.1, 0.15) is 0 Å². The Bertz CT molecular complexity index is 557. The molecule has 1 atom stereocenters. The van der Waals surface area contributed by atoms with Crippen molar-refractivity contribution in [2.45, 2.75) is 6.10 Å². The lowest BCUT2D eigenvalue weighted by Gasteiger charge is -2.16. The van der Waals surface area contributed by atoms with Crippen molar-refractivity contribution < 1.29 is 9.53 Å². The summed E-state index contributed by atoms with van der Waals surface area (Å²) in [5, 5.41) is 3.26. The summed E-state index contributed by atoms with van der Waals surface area (Å²) >= 11 is 6.01. The average molecular weight is 276 g/mol. The molecule has 1 unspecified atom stereocenters. The largest absolute Gasteiger partial charge is 0.367 e. The predicted molar refractivity (Wildman–Crippen MR) is 76.3 cm³/mol. The summed E-state index contributed by atoms with van der Waals surface area (Å²) in [6.45, 7) is 0. The van der Waals surface area contributed by atoms with Gasteiger partial charge in [0.25, 0.3) is 5.91 Å². The van der Waals surface area contributed by atoms with Crippen LogP contribution in [0.2, 0.25) is 5.02 Å². The number of carbonyl (C=O) groups is 1. The smallest absolute Gasteiger partial charge is 0.258 e. The number of anilines is 1. The van der Waals surface area contributed by atoms with Crippen LogP contribution in [-0.4, -0.2) is 13.0 Å². The lowest BCUT2D eigenvalue weighted by Crippen LogP contribution is -2.22. The number of methoxy groups -OCH3 is 1. The number of nitrogens with one attached hydrogen (secondary N) is 1. The van der Waals surface area contributed by atoms with Crippen LogP contribution >= 0.6 is 11.6 Å². The number of amides is 1. The highest BCUT2D eigenvalue weighted by atomic mass is 35.5. The number of rotatable bonds is 4. The van der Waals surface area contributed by atoms with E-state index in [4.69, 9.17) is 16.3 Å². The molecule has 0 radical (unpaired) electrons. The summed E-state index contributed by atoms with van der Waals surface area (Å²) in [7, 11) is 1.50. The van der Waals surface area contributed by atoms with Gasteiger partial charge in [-0.2, -0.15) is 0 Å². The second kappa shape index (κ2) is 6.36. The maximum Gasteiger partial charge on any atom is 0.258 e. The van der Waals surface area contributed by atoms with Gasteiger partial charge in [0.15, 0.2) is 6.10 Å². The zero-order chi connectivity index (χ0) is 13.7. The molecule has 2 aromatic carbocycles. The molecule has 98 valence electrons. The van der Waals surface area contributed by atoms with E-state index in [2.05, 4.69) is 5.32 Å². The fourth-order valence-corrected chi connectivity index (χ4v) is 1.97. The van der Waals surface area contributed by atoms with Gasteiger partial charge >= 0.3 is 0 Å². The number of halogens is 1. The van der Waals surface area contributed by atoms with Crippen LogP contribution in [0.1, 0.15) is 11.7 Å². The van der Waals surface area contributed by atoms with Gasteiger partial charge in [0.2, 0.25) is 0 Å². The molecular weight excluding hydrogens is 262 g/mol. The summed E-state index contributed by atoms with van der Waals surface area (Å²) in [4.78, 5) is 12.2. The highest BCUT2D eigenvalue weighted by Crippen LogP contribution is 2.23. The Labute approximate surface area is 117 Å². The van der Waals surface area contributed by atoms with Gasteiger partial charge in [-0.15, -0.1) is 0 Å². The standard InChI is InChI=1S/C15H14ClNO2/c1-19-14(11-7-3-2-4-8-11)15(18)17-13-10-6-5-9-12(13)16/h2-10,14H,1H3,(H,17,18). The number of ether oxygens (including phenoxy) is 1. The number of para-hydroxylation sites is 1. The third-order valence-corrected chi connectivity index (χ3v) is 3.04. The minimum atomic E-state index is -0.655. The van der Waals surface area contributed by atoms with Crippen LogP contribution in [0.4, 0.5) is 5.69 Å². The van der Waals surface area contributed by atoms with Crippen LogP contribution in [-0.2, 0) is 9.53 Å². The van der Waals surface area contributed by atoms with Gasteiger partial charge in [0, 0.05) is 7.11 Å². The molecule has 3 nitrogen and oxygen atoms in total. The number of carbonyl (C=O) groups excluding carboxylic acids is 1. The van der Waals surface area contributed by atoms with Crippen LogP contribution in [0.3, 0.4) is 0 Å². The molecular formula is C15H14ClNO2. The Morgan fingerprint density at radius 2 is 1.74 bits per heavy atom. The van der Waals surface area contributed by atoms with E-state index in [1.54, 1.807) is 12.1 Å². The Morgan fingerprint density at radius 3 is 2.37 bits per heavy atom. The molecule has 0 aliphatic carbocycles. The lowest BCUT2D eigenvalue weighted by molar-refractivity contribution is -0.126. The van der Waals surface area contributed by atoms with E-state index in [1.807, 2.05) is 42.5 Å². The lowest BCUT2D eigenvalue weighted by atomic mass is 10.1. The Morgan fingerprint density at radius 1 is 1.11 bits per heavy atom. The fourth-order valence-electron chi connectivity index (χ4n) is 1.78. The summed E-state index contributed by atoms with van der Waals surface area (Å²) in [6, 6.07) is 16.4. The molecule has 0 saturated heterocycles. The van der Waals surface area contributed by atoms with E-state index in [0.717, 1.165) is 5.56 Å². The van der Waals surface area contributed by atoms with Gasteiger partial charge in [0.05, 0.1) is 10.7 Å². The topological polar surface area (TPSA) is 38.3 Å². The van der Waals surface area contributed by atoms with Crippen molar-refractivity contribution in [2.75, 3.05) is 12.4 Å². The van der Waals surface area contributed by atoms with E-state index < -0.39 is 6.10 Å². The zero-order valence-corrected chi connectivity index (χ0v) is 11.2. The van der Waals surface area contributed by atoms with Gasteiger partial charge in [-0.1, -0.05) is 54.1 Å². The number of benzene rings is 2. The highest BCUT2D eigenvalue weighted by Gasteiger charge is 2.20. The van der Waals surface area contributed by atoms with Crippen LogP contribution in [0.15, 0.2) is 54.6 Å². The minimum absolute atomic E-state index is 0.248. The Hall–Kier alpha value is -1.84. The first-order valence-corrected chi connectivity index (χ1v) is 6.23. The molecule has 19 heavy (non-hydrogen) atoms. The summed E-state index contributed by atoms with van der Waals surface area (Å²) in [5.41, 5.74) is 1.38. The molecule has 0 heterocycles. The van der Waals surface area contributed by atoms with Crippen molar-refractivity contribution >= 4 is 23.2 Å². The first kappa shape index (κ1) is 13.6. The van der Waals surface area contributed by atoms with Crippen molar-refractivity contribution in [3.05, 3.63) is 65.2 Å². The third-order valence-electron chi connectivity index (χ3n) is 2.71. The second-order valence-corrected chi connectivity index (χ2v) is 4.40. The monoisotopic (exact) mass is 275 g/mol. The molecule has 0 saturated carbocycles. The normalized spacial score (nSPS) is 11.9. The molecule has 0 aliphatic heterocycles. The molecule has 2 aromatic rings. The van der Waals surface area contributed by atoms with Crippen LogP contribution in [0.5, 0.6) is 0 Å². The maximum absolute atomic E-state index is 12.2. The van der Waals surface area contributed by atoms with Gasteiger partial charge in [-0.3, -0.25) is 4.79 Å². The van der Waals surface area contributed by atoms with E-state index in [-0.39, 0.29) is 5.91 Å².